The quantitative estimate of drug-likeness (QED) is 0.867. The van der Waals surface area contributed by atoms with Gasteiger partial charge in [0.1, 0.15) is 18.0 Å². The highest BCUT2D eigenvalue weighted by Crippen LogP contribution is 2.25. The van der Waals surface area contributed by atoms with Crippen molar-refractivity contribution in [1.29, 1.82) is 0 Å². The molecule has 1 aromatic heterocycles. The van der Waals surface area contributed by atoms with E-state index in [1.54, 1.807) is 0 Å². The molecule has 2 aromatic rings. The van der Waals surface area contributed by atoms with E-state index in [4.69, 9.17) is 5.11 Å². The zero-order valence-electron chi connectivity index (χ0n) is 8.39. The lowest BCUT2D eigenvalue weighted by Gasteiger charge is -2.05. The van der Waals surface area contributed by atoms with Gasteiger partial charge in [0, 0.05) is 18.0 Å². The fourth-order valence-corrected chi connectivity index (χ4v) is 1.40. The molecule has 0 radical (unpaired) electrons. The summed E-state index contributed by atoms with van der Waals surface area (Å²) in [7, 11) is 0. The number of aromatic carboxylic acids is 1. The van der Waals surface area contributed by atoms with Crippen molar-refractivity contribution >= 4 is 5.97 Å². The Bertz CT molecular complexity index is 550. The summed E-state index contributed by atoms with van der Waals surface area (Å²) in [6, 6.07) is 1.52. The van der Waals surface area contributed by atoms with E-state index >= 15 is 0 Å². The van der Waals surface area contributed by atoms with E-state index in [1.165, 1.54) is 18.7 Å². The van der Waals surface area contributed by atoms with E-state index in [1.807, 2.05) is 0 Å². The largest absolute Gasteiger partial charge is 0.478 e. The SMILES string of the molecule is O=C(O)c1cc(F)c(-c2cncnc2)c(F)c1. The summed E-state index contributed by atoms with van der Waals surface area (Å²) in [6.07, 6.45) is 3.72. The van der Waals surface area contributed by atoms with Crippen LogP contribution >= 0.6 is 0 Å². The minimum atomic E-state index is -1.39. The zero-order valence-corrected chi connectivity index (χ0v) is 8.39. The minimum Gasteiger partial charge on any atom is -0.478 e. The lowest BCUT2D eigenvalue weighted by molar-refractivity contribution is 0.0696. The molecule has 0 aliphatic rings. The average molecular weight is 236 g/mol. The monoisotopic (exact) mass is 236 g/mol. The second-order valence-electron chi connectivity index (χ2n) is 3.25. The normalized spacial score (nSPS) is 10.2. The molecule has 2 rings (SSSR count). The number of aromatic nitrogens is 2. The highest BCUT2D eigenvalue weighted by molar-refractivity contribution is 5.88. The minimum absolute atomic E-state index is 0.152. The molecule has 0 amide bonds. The smallest absolute Gasteiger partial charge is 0.335 e. The van der Waals surface area contributed by atoms with E-state index < -0.39 is 23.2 Å². The average Bonchev–Trinajstić information content (AvgIpc) is 2.29. The van der Waals surface area contributed by atoms with Crippen molar-refractivity contribution < 1.29 is 18.7 Å². The Balaban J connectivity index is 2.61. The number of hydrogen-bond donors (Lipinski definition) is 1. The summed E-state index contributed by atoms with van der Waals surface area (Å²) < 4.78 is 27.2. The van der Waals surface area contributed by atoms with Gasteiger partial charge in [-0.05, 0) is 12.1 Å². The summed E-state index contributed by atoms with van der Waals surface area (Å²) in [6.45, 7) is 0. The predicted octanol–water partition coefficient (Wildman–Crippen LogP) is 2.12. The van der Waals surface area contributed by atoms with Crippen molar-refractivity contribution in [2.24, 2.45) is 0 Å². The second kappa shape index (κ2) is 4.25. The molecule has 0 aliphatic heterocycles. The number of hydrogen-bond acceptors (Lipinski definition) is 3. The van der Waals surface area contributed by atoms with Gasteiger partial charge in [-0.15, -0.1) is 0 Å². The number of nitrogens with zero attached hydrogens (tertiary/aromatic N) is 2. The van der Waals surface area contributed by atoms with Crippen molar-refractivity contribution in [2.75, 3.05) is 0 Å². The van der Waals surface area contributed by atoms with Gasteiger partial charge in [-0.3, -0.25) is 0 Å². The fraction of sp³-hybridized carbons (Fsp3) is 0. The molecule has 0 unspecified atom stereocenters. The third-order valence-corrected chi connectivity index (χ3v) is 2.14. The van der Waals surface area contributed by atoms with E-state index in [2.05, 4.69) is 9.97 Å². The maximum Gasteiger partial charge on any atom is 0.335 e. The van der Waals surface area contributed by atoms with Gasteiger partial charge in [0.15, 0.2) is 0 Å². The van der Waals surface area contributed by atoms with Crippen LogP contribution in [-0.4, -0.2) is 21.0 Å². The van der Waals surface area contributed by atoms with E-state index in [0.717, 1.165) is 12.1 Å². The van der Waals surface area contributed by atoms with Crippen molar-refractivity contribution in [2.45, 2.75) is 0 Å². The molecular weight excluding hydrogens is 230 g/mol. The Hall–Kier alpha value is -2.37. The Morgan fingerprint density at radius 1 is 1.12 bits per heavy atom. The summed E-state index contributed by atoms with van der Waals surface area (Å²) in [5.41, 5.74) is -0.629. The van der Waals surface area contributed by atoms with Crippen molar-refractivity contribution in [3.63, 3.8) is 0 Å². The van der Waals surface area contributed by atoms with Gasteiger partial charge < -0.3 is 5.11 Å². The highest BCUT2D eigenvalue weighted by Gasteiger charge is 2.16. The molecule has 1 heterocycles. The number of rotatable bonds is 2. The van der Waals surface area contributed by atoms with Crippen LogP contribution < -0.4 is 0 Å². The van der Waals surface area contributed by atoms with Crippen LogP contribution in [0.1, 0.15) is 10.4 Å². The molecule has 0 fully saturated rings. The van der Waals surface area contributed by atoms with Crippen molar-refractivity contribution in [3.05, 3.63) is 48.1 Å². The van der Waals surface area contributed by atoms with Crippen LogP contribution in [0.25, 0.3) is 11.1 Å². The maximum atomic E-state index is 13.6. The van der Waals surface area contributed by atoms with Gasteiger partial charge in [-0.1, -0.05) is 0 Å². The molecule has 0 bridgehead atoms. The molecule has 6 heteroatoms. The first-order chi connectivity index (χ1) is 8.09. The summed E-state index contributed by atoms with van der Waals surface area (Å²) in [5.74, 6) is -3.31. The van der Waals surface area contributed by atoms with Gasteiger partial charge in [0.2, 0.25) is 0 Å². The summed E-state index contributed by atoms with van der Waals surface area (Å²) in [4.78, 5) is 17.9. The predicted molar refractivity (Wildman–Crippen MR) is 54.3 cm³/mol. The molecule has 1 N–H and O–H groups in total. The molecule has 4 nitrogen and oxygen atoms in total. The highest BCUT2D eigenvalue weighted by atomic mass is 19.1. The number of carbonyl (C=O) groups is 1. The van der Waals surface area contributed by atoms with Crippen LogP contribution in [0.3, 0.4) is 0 Å². The van der Waals surface area contributed by atoms with Gasteiger partial charge in [-0.25, -0.2) is 23.5 Å². The Kier molecular flexibility index (Phi) is 2.78. The van der Waals surface area contributed by atoms with Gasteiger partial charge in [0.25, 0.3) is 0 Å². The summed E-state index contributed by atoms with van der Waals surface area (Å²) >= 11 is 0. The fourth-order valence-electron chi connectivity index (χ4n) is 1.40. The third kappa shape index (κ3) is 2.10. The molecule has 0 saturated heterocycles. The molecule has 0 saturated carbocycles. The number of benzene rings is 1. The van der Waals surface area contributed by atoms with E-state index in [9.17, 15) is 13.6 Å². The van der Waals surface area contributed by atoms with Crippen LogP contribution in [0.2, 0.25) is 0 Å². The van der Waals surface area contributed by atoms with E-state index in [0.29, 0.717) is 0 Å². The maximum absolute atomic E-state index is 13.6. The topological polar surface area (TPSA) is 63.1 Å². The molecule has 1 aromatic carbocycles. The first-order valence-electron chi connectivity index (χ1n) is 4.57. The summed E-state index contributed by atoms with van der Waals surface area (Å²) in [5, 5.41) is 8.64. The van der Waals surface area contributed by atoms with Crippen LogP contribution in [0.4, 0.5) is 8.78 Å². The second-order valence-corrected chi connectivity index (χ2v) is 3.25. The molecule has 0 aliphatic carbocycles. The first kappa shape index (κ1) is 11.1. The lowest BCUT2D eigenvalue weighted by Crippen LogP contribution is -2.01. The van der Waals surface area contributed by atoms with Gasteiger partial charge in [-0.2, -0.15) is 0 Å². The molecule has 0 atom stereocenters. The lowest BCUT2D eigenvalue weighted by atomic mass is 10.1. The third-order valence-electron chi connectivity index (χ3n) is 2.14. The van der Waals surface area contributed by atoms with Crippen LogP contribution in [0.5, 0.6) is 0 Å². The van der Waals surface area contributed by atoms with Crippen LogP contribution in [-0.2, 0) is 0 Å². The Morgan fingerprint density at radius 3 is 2.12 bits per heavy atom. The van der Waals surface area contributed by atoms with Gasteiger partial charge >= 0.3 is 5.97 Å². The number of carboxylic acid groups (broad SMARTS) is 1. The standard InChI is InChI=1S/C11H6F2N2O2/c12-8-1-6(11(16)17)2-9(13)10(8)7-3-14-5-15-4-7/h1-5H,(H,16,17). The molecule has 0 spiro atoms. The number of carboxylic acids is 1. The van der Waals surface area contributed by atoms with Gasteiger partial charge in [0.05, 0.1) is 11.1 Å². The molecule has 17 heavy (non-hydrogen) atoms. The van der Waals surface area contributed by atoms with E-state index in [-0.39, 0.29) is 11.1 Å². The number of halogens is 2. The molecular formula is C11H6F2N2O2. The van der Waals surface area contributed by atoms with Crippen molar-refractivity contribution in [3.8, 4) is 11.1 Å². The van der Waals surface area contributed by atoms with Crippen LogP contribution in [0, 0.1) is 11.6 Å². The Morgan fingerprint density at radius 2 is 1.65 bits per heavy atom. The van der Waals surface area contributed by atoms with Crippen LogP contribution in [0.15, 0.2) is 30.9 Å². The Labute approximate surface area is 94.6 Å². The zero-order chi connectivity index (χ0) is 12.4. The first-order valence-corrected chi connectivity index (χ1v) is 4.57. The molecule has 86 valence electrons. The van der Waals surface area contributed by atoms with Crippen molar-refractivity contribution in [1.82, 2.24) is 9.97 Å².